The first-order valence-electron chi connectivity index (χ1n) is 6.74. The minimum Gasteiger partial charge on any atom is -0.389 e. The number of fused-ring (bicyclic) bond motifs is 3. The lowest BCUT2D eigenvalue weighted by Gasteiger charge is -2.51. The van der Waals surface area contributed by atoms with Crippen LogP contribution in [-0.4, -0.2) is 10.7 Å². The summed E-state index contributed by atoms with van der Waals surface area (Å²) in [5.41, 5.74) is 1.55. The van der Waals surface area contributed by atoms with Crippen molar-refractivity contribution in [3.8, 4) is 0 Å². The molecule has 4 unspecified atom stereocenters. The summed E-state index contributed by atoms with van der Waals surface area (Å²) in [6.07, 6.45) is 7.04. The summed E-state index contributed by atoms with van der Waals surface area (Å²) < 4.78 is 0. The Morgan fingerprint density at radius 3 is 2.62 bits per heavy atom. The predicted molar refractivity (Wildman–Crippen MR) is 66.0 cm³/mol. The molecule has 0 aromatic rings. The molecule has 4 atom stereocenters. The van der Waals surface area contributed by atoms with Crippen LogP contribution in [0.5, 0.6) is 0 Å². The van der Waals surface area contributed by atoms with E-state index in [2.05, 4.69) is 33.8 Å². The number of hydrogen-bond donors (Lipinski definition) is 1. The van der Waals surface area contributed by atoms with Gasteiger partial charge in [-0.2, -0.15) is 0 Å². The van der Waals surface area contributed by atoms with Gasteiger partial charge in [0.25, 0.3) is 0 Å². The second-order valence-corrected chi connectivity index (χ2v) is 7.20. The highest BCUT2D eigenvalue weighted by molar-refractivity contribution is 5.34. The lowest BCUT2D eigenvalue weighted by atomic mass is 9.57. The van der Waals surface area contributed by atoms with E-state index >= 15 is 0 Å². The number of hydrogen-bond acceptors (Lipinski definition) is 1. The molecular formula is C15H24O. The van der Waals surface area contributed by atoms with Crippen molar-refractivity contribution in [2.45, 2.75) is 59.0 Å². The summed E-state index contributed by atoms with van der Waals surface area (Å²) >= 11 is 0. The number of rotatable bonds is 0. The SMILES string of the molecule is CC1(C)C2CC=C3CCCC(C)(O)C3(C)C21. The normalized spacial score (nSPS) is 53.7. The van der Waals surface area contributed by atoms with E-state index in [-0.39, 0.29) is 5.41 Å². The zero-order chi connectivity index (χ0) is 11.8. The van der Waals surface area contributed by atoms with Gasteiger partial charge < -0.3 is 5.11 Å². The smallest absolute Gasteiger partial charge is 0.0713 e. The average molecular weight is 220 g/mol. The lowest BCUT2D eigenvalue weighted by molar-refractivity contribution is -0.0826. The molecule has 0 aliphatic heterocycles. The Hall–Kier alpha value is -0.300. The molecular weight excluding hydrogens is 196 g/mol. The Bertz CT molecular complexity index is 364. The Morgan fingerprint density at radius 2 is 1.94 bits per heavy atom. The topological polar surface area (TPSA) is 20.2 Å². The van der Waals surface area contributed by atoms with Gasteiger partial charge in [-0.3, -0.25) is 0 Å². The molecule has 2 saturated carbocycles. The van der Waals surface area contributed by atoms with E-state index in [0.717, 1.165) is 18.8 Å². The molecule has 3 aliphatic rings. The molecule has 1 nitrogen and oxygen atoms in total. The molecule has 0 radical (unpaired) electrons. The fourth-order valence-corrected chi connectivity index (χ4v) is 4.94. The van der Waals surface area contributed by atoms with Gasteiger partial charge in [-0.15, -0.1) is 0 Å². The molecule has 90 valence electrons. The van der Waals surface area contributed by atoms with Crippen molar-refractivity contribution in [1.29, 1.82) is 0 Å². The van der Waals surface area contributed by atoms with Crippen LogP contribution in [0.2, 0.25) is 0 Å². The third kappa shape index (κ3) is 1.01. The fourth-order valence-electron chi connectivity index (χ4n) is 4.94. The Labute approximate surface area is 98.9 Å². The summed E-state index contributed by atoms with van der Waals surface area (Å²) in [5, 5.41) is 10.8. The van der Waals surface area contributed by atoms with Crippen LogP contribution in [0.3, 0.4) is 0 Å². The van der Waals surface area contributed by atoms with E-state index in [9.17, 15) is 5.11 Å². The van der Waals surface area contributed by atoms with Crippen molar-refractivity contribution in [3.05, 3.63) is 11.6 Å². The molecule has 0 amide bonds. The summed E-state index contributed by atoms with van der Waals surface area (Å²) in [6, 6.07) is 0. The fraction of sp³-hybridized carbons (Fsp3) is 0.867. The highest BCUT2D eigenvalue weighted by Crippen LogP contribution is 2.74. The van der Waals surface area contributed by atoms with E-state index in [0.29, 0.717) is 11.3 Å². The molecule has 1 heteroatoms. The maximum absolute atomic E-state index is 10.8. The van der Waals surface area contributed by atoms with Gasteiger partial charge in [0.05, 0.1) is 5.60 Å². The molecule has 3 aliphatic carbocycles. The van der Waals surface area contributed by atoms with Crippen molar-refractivity contribution in [2.75, 3.05) is 0 Å². The minimum atomic E-state index is -0.492. The van der Waals surface area contributed by atoms with E-state index in [4.69, 9.17) is 0 Å². The van der Waals surface area contributed by atoms with Crippen LogP contribution < -0.4 is 0 Å². The molecule has 0 spiro atoms. The maximum atomic E-state index is 10.8. The summed E-state index contributed by atoms with van der Waals surface area (Å²) in [7, 11) is 0. The molecule has 0 aromatic heterocycles. The molecule has 0 heterocycles. The van der Waals surface area contributed by atoms with Crippen LogP contribution in [-0.2, 0) is 0 Å². The van der Waals surface area contributed by atoms with Gasteiger partial charge in [-0.25, -0.2) is 0 Å². The highest BCUT2D eigenvalue weighted by Gasteiger charge is 2.71. The first-order chi connectivity index (χ1) is 7.32. The summed E-state index contributed by atoms with van der Waals surface area (Å²) in [4.78, 5) is 0. The highest BCUT2D eigenvalue weighted by atomic mass is 16.3. The van der Waals surface area contributed by atoms with Gasteiger partial charge >= 0.3 is 0 Å². The molecule has 1 N–H and O–H groups in total. The minimum absolute atomic E-state index is 0.0532. The lowest BCUT2D eigenvalue weighted by Crippen LogP contribution is -2.51. The van der Waals surface area contributed by atoms with Crippen LogP contribution in [0, 0.1) is 22.7 Å². The number of allylic oxidation sites excluding steroid dienone is 1. The first kappa shape index (κ1) is 10.8. The van der Waals surface area contributed by atoms with Crippen molar-refractivity contribution in [1.82, 2.24) is 0 Å². The average Bonchev–Trinajstić information content (AvgIpc) is 2.72. The Balaban J connectivity index is 2.08. The largest absolute Gasteiger partial charge is 0.389 e. The van der Waals surface area contributed by atoms with Gasteiger partial charge in [-0.1, -0.05) is 32.4 Å². The second kappa shape index (κ2) is 2.75. The van der Waals surface area contributed by atoms with E-state index in [1.807, 2.05) is 0 Å². The van der Waals surface area contributed by atoms with Crippen LogP contribution in [0.15, 0.2) is 11.6 Å². The molecule has 16 heavy (non-hydrogen) atoms. The van der Waals surface area contributed by atoms with Gasteiger partial charge in [0.1, 0.15) is 0 Å². The van der Waals surface area contributed by atoms with E-state index in [1.165, 1.54) is 12.8 Å². The van der Waals surface area contributed by atoms with Crippen molar-refractivity contribution in [2.24, 2.45) is 22.7 Å². The second-order valence-electron chi connectivity index (χ2n) is 7.20. The molecule has 0 bridgehead atoms. The van der Waals surface area contributed by atoms with Gasteiger partial charge in [0.2, 0.25) is 0 Å². The monoisotopic (exact) mass is 220 g/mol. The summed E-state index contributed by atoms with van der Waals surface area (Å²) in [6.45, 7) is 9.16. The zero-order valence-electron chi connectivity index (χ0n) is 11.0. The Morgan fingerprint density at radius 1 is 1.25 bits per heavy atom. The van der Waals surface area contributed by atoms with E-state index in [1.54, 1.807) is 5.57 Å². The summed E-state index contributed by atoms with van der Waals surface area (Å²) in [5.74, 6) is 1.51. The van der Waals surface area contributed by atoms with E-state index < -0.39 is 5.60 Å². The van der Waals surface area contributed by atoms with Gasteiger partial charge in [0, 0.05) is 5.41 Å². The molecule has 3 rings (SSSR count). The van der Waals surface area contributed by atoms with Crippen LogP contribution in [0.4, 0.5) is 0 Å². The van der Waals surface area contributed by atoms with Gasteiger partial charge in [0.15, 0.2) is 0 Å². The standard InChI is InChI=1S/C15H24O/c1-13(2)11-8-7-10-6-5-9-14(3,16)15(10,4)12(11)13/h7,11-12,16H,5-6,8-9H2,1-4H3. The maximum Gasteiger partial charge on any atom is 0.0713 e. The van der Waals surface area contributed by atoms with Crippen LogP contribution in [0.1, 0.15) is 53.4 Å². The van der Waals surface area contributed by atoms with Crippen molar-refractivity contribution >= 4 is 0 Å². The third-order valence-electron chi connectivity index (χ3n) is 6.19. The molecule has 0 aromatic carbocycles. The van der Waals surface area contributed by atoms with Crippen LogP contribution >= 0.6 is 0 Å². The Kier molecular flexibility index (Phi) is 1.86. The zero-order valence-corrected chi connectivity index (χ0v) is 11.0. The van der Waals surface area contributed by atoms with Crippen molar-refractivity contribution < 1.29 is 5.11 Å². The molecule has 2 fully saturated rings. The first-order valence-corrected chi connectivity index (χ1v) is 6.74. The third-order valence-corrected chi connectivity index (χ3v) is 6.19. The number of aliphatic hydroxyl groups is 1. The molecule has 0 saturated heterocycles. The van der Waals surface area contributed by atoms with Gasteiger partial charge in [-0.05, 0) is 49.9 Å². The quantitative estimate of drug-likeness (QED) is 0.619. The van der Waals surface area contributed by atoms with Crippen LogP contribution in [0.25, 0.3) is 0 Å². The predicted octanol–water partition coefficient (Wildman–Crippen LogP) is 3.53. The van der Waals surface area contributed by atoms with Crippen molar-refractivity contribution in [3.63, 3.8) is 0 Å².